The van der Waals surface area contributed by atoms with Crippen molar-refractivity contribution in [2.45, 2.75) is 18.9 Å². The van der Waals surface area contributed by atoms with Gasteiger partial charge in [0, 0.05) is 18.7 Å². The fraction of sp³-hybridized carbons (Fsp3) is 0.417. The van der Waals surface area contributed by atoms with Gasteiger partial charge < -0.3 is 10.1 Å². The van der Waals surface area contributed by atoms with E-state index in [1.807, 2.05) is 0 Å². The van der Waals surface area contributed by atoms with E-state index < -0.39 is 22.2 Å². The molecule has 1 aromatic carbocycles. The van der Waals surface area contributed by atoms with E-state index in [1.54, 1.807) is 6.92 Å². The summed E-state index contributed by atoms with van der Waals surface area (Å²) in [7, 11) is 0. The molecule has 0 spiro atoms. The van der Waals surface area contributed by atoms with Crippen LogP contribution in [-0.2, 0) is 4.74 Å². The second-order valence-electron chi connectivity index (χ2n) is 4.74. The van der Waals surface area contributed by atoms with Crippen LogP contribution < -0.4 is 5.32 Å². The number of nitrogens with zero attached hydrogens (tertiary/aromatic N) is 1. The SMILES string of the molecule is CC1(NC(=O)c2cc([N+](=O)[O-])ccc2F)CCOC1. The first-order valence-electron chi connectivity index (χ1n) is 5.75. The molecule has 1 N–H and O–H groups in total. The molecule has 7 heteroatoms. The lowest BCUT2D eigenvalue weighted by Crippen LogP contribution is -2.46. The molecular formula is C12H13FN2O4. The number of rotatable bonds is 3. The lowest BCUT2D eigenvalue weighted by Gasteiger charge is -2.23. The van der Waals surface area contributed by atoms with Crippen LogP contribution in [0.2, 0.25) is 0 Å². The topological polar surface area (TPSA) is 81.5 Å². The maximum absolute atomic E-state index is 13.6. The van der Waals surface area contributed by atoms with Gasteiger partial charge in [-0.25, -0.2) is 4.39 Å². The van der Waals surface area contributed by atoms with Gasteiger partial charge in [-0.15, -0.1) is 0 Å². The number of nitrogens with one attached hydrogen (secondary N) is 1. The summed E-state index contributed by atoms with van der Waals surface area (Å²) >= 11 is 0. The van der Waals surface area contributed by atoms with Crippen molar-refractivity contribution in [1.82, 2.24) is 5.32 Å². The Hall–Kier alpha value is -2.02. The fourth-order valence-corrected chi connectivity index (χ4v) is 1.91. The van der Waals surface area contributed by atoms with Gasteiger partial charge in [-0.05, 0) is 19.4 Å². The Morgan fingerprint density at radius 1 is 1.58 bits per heavy atom. The number of carbonyl (C=O) groups is 1. The van der Waals surface area contributed by atoms with Crippen LogP contribution in [0.25, 0.3) is 0 Å². The first kappa shape index (κ1) is 13.4. The van der Waals surface area contributed by atoms with E-state index in [9.17, 15) is 19.3 Å². The van der Waals surface area contributed by atoms with E-state index in [1.165, 1.54) is 0 Å². The van der Waals surface area contributed by atoms with Crippen LogP contribution in [0.3, 0.4) is 0 Å². The third kappa shape index (κ3) is 2.87. The largest absolute Gasteiger partial charge is 0.379 e. The van der Waals surface area contributed by atoms with Gasteiger partial charge in [-0.1, -0.05) is 0 Å². The highest BCUT2D eigenvalue weighted by Crippen LogP contribution is 2.21. The summed E-state index contributed by atoms with van der Waals surface area (Å²) in [6.07, 6.45) is 0.620. The molecule has 0 radical (unpaired) electrons. The van der Waals surface area contributed by atoms with Gasteiger partial charge in [0.05, 0.1) is 22.6 Å². The van der Waals surface area contributed by atoms with Crippen molar-refractivity contribution in [1.29, 1.82) is 0 Å². The highest BCUT2D eigenvalue weighted by molar-refractivity contribution is 5.95. The molecule has 0 bridgehead atoms. The van der Waals surface area contributed by atoms with Crippen LogP contribution >= 0.6 is 0 Å². The third-order valence-electron chi connectivity index (χ3n) is 3.04. The molecule has 0 aliphatic carbocycles. The van der Waals surface area contributed by atoms with Crippen LogP contribution in [0.15, 0.2) is 18.2 Å². The van der Waals surface area contributed by atoms with Crippen molar-refractivity contribution in [3.05, 3.63) is 39.7 Å². The number of benzene rings is 1. The second kappa shape index (κ2) is 4.93. The summed E-state index contributed by atoms with van der Waals surface area (Å²) in [6.45, 7) is 2.65. The van der Waals surface area contributed by atoms with Crippen LogP contribution in [0.4, 0.5) is 10.1 Å². The maximum Gasteiger partial charge on any atom is 0.270 e. The lowest BCUT2D eigenvalue weighted by molar-refractivity contribution is -0.384. The van der Waals surface area contributed by atoms with Crippen molar-refractivity contribution in [2.24, 2.45) is 0 Å². The molecule has 1 aliphatic heterocycles. The smallest absolute Gasteiger partial charge is 0.270 e. The zero-order valence-corrected chi connectivity index (χ0v) is 10.3. The third-order valence-corrected chi connectivity index (χ3v) is 3.04. The predicted octanol–water partition coefficient (Wildman–Crippen LogP) is 1.64. The van der Waals surface area contributed by atoms with Gasteiger partial charge in [0.2, 0.25) is 0 Å². The Morgan fingerprint density at radius 3 is 2.89 bits per heavy atom. The number of halogens is 1. The van der Waals surface area contributed by atoms with Gasteiger partial charge >= 0.3 is 0 Å². The maximum atomic E-state index is 13.6. The molecule has 0 saturated carbocycles. The molecule has 19 heavy (non-hydrogen) atoms. The molecule has 2 rings (SSSR count). The summed E-state index contributed by atoms with van der Waals surface area (Å²) in [5.41, 5.74) is -1.21. The number of non-ortho nitro benzene ring substituents is 1. The van der Waals surface area contributed by atoms with Crippen molar-refractivity contribution in [2.75, 3.05) is 13.2 Å². The highest BCUT2D eigenvalue weighted by Gasteiger charge is 2.32. The van der Waals surface area contributed by atoms with E-state index in [4.69, 9.17) is 4.74 Å². The average molecular weight is 268 g/mol. The van der Waals surface area contributed by atoms with Gasteiger partial charge in [0.1, 0.15) is 5.82 Å². The number of amides is 1. The van der Waals surface area contributed by atoms with Gasteiger partial charge in [-0.3, -0.25) is 14.9 Å². The lowest BCUT2D eigenvalue weighted by atomic mass is 10.0. The molecule has 1 atom stereocenters. The summed E-state index contributed by atoms with van der Waals surface area (Å²) in [5, 5.41) is 13.3. The molecule has 6 nitrogen and oxygen atoms in total. The number of hydrogen-bond acceptors (Lipinski definition) is 4. The van der Waals surface area contributed by atoms with Crippen molar-refractivity contribution < 1.29 is 18.8 Å². The van der Waals surface area contributed by atoms with Crippen LogP contribution in [-0.4, -0.2) is 29.6 Å². The van der Waals surface area contributed by atoms with Crippen molar-refractivity contribution in [3.63, 3.8) is 0 Å². The Bertz CT molecular complexity index is 526. The van der Waals surface area contributed by atoms with Crippen LogP contribution in [0, 0.1) is 15.9 Å². The van der Waals surface area contributed by atoms with Crippen molar-refractivity contribution in [3.8, 4) is 0 Å². The number of nitro groups is 1. The van der Waals surface area contributed by atoms with Gasteiger partial charge in [0.25, 0.3) is 11.6 Å². The quantitative estimate of drug-likeness (QED) is 0.667. The van der Waals surface area contributed by atoms with E-state index in [2.05, 4.69) is 5.32 Å². The molecule has 1 aliphatic rings. The molecule has 1 unspecified atom stereocenters. The molecule has 1 saturated heterocycles. The molecule has 1 aromatic rings. The molecule has 1 fully saturated rings. The van der Waals surface area contributed by atoms with E-state index in [-0.39, 0.29) is 11.3 Å². The van der Waals surface area contributed by atoms with Crippen LogP contribution in [0.5, 0.6) is 0 Å². The number of hydrogen-bond donors (Lipinski definition) is 1. The summed E-state index contributed by atoms with van der Waals surface area (Å²) < 4.78 is 18.7. The number of nitro benzene ring substituents is 1. The first-order chi connectivity index (χ1) is 8.91. The van der Waals surface area contributed by atoms with E-state index in [0.717, 1.165) is 18.2 Å². The summed E-state index contributed by atoms with van der Waals surface area (Å²) in [4.78, 5) is 21.9. The fourth-order valence-electron chi connectivity index (χ4n) is 1.91. The average Bonchev–Trinajstić information content (AvgIpc) is 2.75. The summed E-state index contributed by atoms with van der Waals surface area (Å²) in [6, 6.07) is 2.87. The summed E-state index contributed by atoms with van der Waals surface area (Å²) in [5.74, 6) is -1.46. The van der Waals surface area contributed by atoms with Gasteiger partial charge in [0.15, 0.2) is 0 Å². The monoisotopic (exact) mass is 268 g/mol. The zero-order chi connectivity index (χ0) is 14.0. The molecule has 1 heterocycles. The zero-order valence-electron chi connectivity index (χ0n) is 10.3. The van der Waals surface area contributed by atoms with Gasteiger partial charge in [-0.2, -0.15) is 0 Å². The molecular weight excluding hydrogens is 255 g/mol. The number of carbonyl (C=O) groups excluding carboxylic acids is 1. The molecule has 102 valence electrons. The predicted molar refractivity (Wildman–Crippen MR) is 64.4 cm³/mol. The molecule has 0 aromatic heterocycles. The normalized spacial score (nSPS) is 22.2. The second-order valence-corrected chi connectivity index (χ2v) is 4.74. The standard InChI is InChI=1S/C12H13FN2O4/c1-12(4-5-19-7-12)14-11(16)9-6-8(15(17)18)2-3-10(9)13/h2-3,6H,4-5,7H2,1H3,(H,14,16). The molecule has 1 amide bonds. The van der Waals surface area contributed by atoms with E-state index in [0.29, 0.717) is 19.6 Å². The first-order valence-corrected chi connectivity index (χ1v) is 5.75. The van der Waals surface area contributed by atoms with Crippen molar-refractivity contribution >= 4 is 11.6 Å². The number of ether oxygens (including phenoxy) is 1. The Labute approximate surface area is 108 Å². The Morgan fingerprint density at radius 2 is 2.32 bits per heavy atom. The minimum absolute atomic E-state index is 0.320. The Kier molecular flexibility index (Phi) is 3.48. The minimum atomic E-state index is -0.786. The van der Waals surface area contributed by atoms with Crippen LogP contribution in [0.1, 0.15) is 23.7 Å². The highest BCUT2D eigenvalue weighted by atomic mass is 19.1. The Balaban J connectivity index is 2.23. The van der Waals surface area contributed by atoms with E-state index >= 15 is 0 Å². The minimum Gasteiger partial charge on any atom is -0.379 e.